The predicted octanol–water partition coefficient (Wildman–Crippen LogP) is 2.20. The fourth-order valence-electron chi connectivity index (χ4n) is 1.74. The van der Waals surface area contributed by atoms with Gasteiger partial charge in [0.05, 0.1) is 12.8 Å². The summed E-state index contributed by atoms with van der Waals surface area (Å²) in [5, 5.41) is 14.8. The van der Waals surface area contributed by atoms with Crippen LogP contribution in [0.5, 0.6) is 5.75 Å². The maximum absolute atomic E-state index is 9.10. The van der Waals surface area contributed by atoms with E-state index in [1.54, 1.807) is 7.11 Å². The van der Waals surface area contributed by atoms with E-state index in [1.165, 1.54) is 0 Å². The fraction of sp³-hybridized carbons (Fsp3) is 0.118. The number of aryl methyl sites for hydroxylation is 1. The number of aliphatic carboxylic acids is 2. The molecule has 0 bridgehead atoms. The Labute approximate surface area is 139 Å². The van der Waals surface area contributed by atoms with E-state index in [9.17, 15) is 0 Å². The smallest absolute Gasteiger partial charge is 0.414 e. The van der Waals surface area contributed by atoms with Crippen LogP contribution >= 0.6 is 0 Å². The van der Waals surface area contributed by atoms with E-state index < -0.39 is 11.9 Å². The lowest BCUT2D eigenvalue weighted by Crippen LogP contribution is -2.14. The van der Waals surface area contributed by atoms with Gasteiger partial charge in [-0.1, -0.05) is 30.3 Å². The van der Waals surface area contributed by atoms with E-state index in [0.29, 0.717) is 5.84 Å². The molecule has 0 radical (unpaired) electrons. The number of hydrogen-bond acceptors (Lipinski definition) is 4. The molecule has 0 aliphatic carbocycles. The molecule has 0 fully saturated rings. The average molecular weight is 330 g/mol. The average Bonchev–Trinajstić information content (AvgIpc) is 2.55. The molecule has 0 aliphatic rings. The summed E-state index contributed by atoms with van der Waals surface area (Å²) in [5.74, 6) is -2.36. The number of methoxy groups -OCH3 is 1. The minimum absolute atomic E-state index is 0.515. The SMILES string of the molecule is COc1cccc(N=C(N)c2ccccc2C)c1.O=C(O)C(=O)O. The second-order valence-corrected chi connectivity index (χ2v) is 4.62. The van der Waals surface area contributed by atoms with Gasteiger partial charge in [-0.05, 0) is 24.6 Å². The van der Waals surface area contributed by atoms with Crippen LogP contribution in [0.2, 0.25) is 0 Å². The third-order valence-electron chi connectivity index (χ3n) is 2.91. The summed E-state index contributed by atoms with van der Waals surface area (Å²) in [4.78, 5) is 22.6. The molecule has 24 heavy (non-hydrogen) atoms. The number of hydrogen-bond donors (Lipinski definition) is 3. The van der Waals surface area contributed by atoms with Gasteiger partial charge in [0.15, 0.2) is 0 Å². The van der Waals surface area contributed by atoms with Crippen LogP contribution in [0.25, 0.3) is 0 Å². The number of rotatable bonds is 3. The Morgan fingerprint density at radius 2 is 1.67 bits per heavy atom. The third-order valence-corrected chi connectivity index (χ3v) is 2.91. The molecule has 0 spiro atoms. The van der Waals surface area contributed by atoms with Crippen LogP contribution < -0.4 is 10.5 Å². The first-order chi connectivity index (χ1) is 11.3. The molecular formula is C17H18N2O5. The summed E-state index contributed by atoms with van der Waals surface area (Å²) in [6.07, 6.45) is 0. The topological polar surface area (TPSA) is 122 Å². The highest BCUT2D eigenvalue weighted by molar-refractivity contribution is 6.27. The number of carboxylic acids is 2. The molecule has 126 valence electrons. The summed E-state index contributed by atoms with van der Waals surface area (Å²) < 4.78 is 5.16. The number of nitrogens with zero attached hydrogens (tertiary/aromatic N) is 1. The van der Waals surface area contributed by atoms with Crippen molar-refractivity contribution in [3.8, 4) is 5.75 Å². The van der Waals surface area contributed by atoms with Crippen molar-refractivity contribution in [1.82, 2.24) is 0 Å². The Morgan fingerprint density at radius 3 is 2.21 bits per heavy atom. The molecule has 0 saturated heterocycles. The Bertz CT molecular complexity index is 744. The molecule has 0 unspecified atom stereocenters. The molecule has 0 atom stereocenters. The summed E-state index contributed by atoms with van der Waals surface area (Å²) >= 11 is 0. The van der Waals surface area contributed by atoms with Crippen LogP contribution in [0.4, 0.5) is 5.69 Å². The maximum atomic E-state index is 9.10. The second-order valence-electron chi connectivity index (χ2n) is 4.62. The lowest BCUT2D eigenvalue weighted by Gasteiger charge is -2.05. The molecule has 0 saturated carbocycles. The van der Waals surface area contributed by atoms with Crippen LogP contribution in [0.1, 0.15) is 11.1 Å². The molecule has 0 aromatic heterocycles. The van der Waals surface area contributed by atoms with Gasteiger partial charge in [-0.15, -0.1) is 0 Å². The van der Waals surface area contributed by atoms with Crippen molar-refractivity contribution in [3.63, 3.8) is 0 Å². The number of amidine groups is 1. The highest BCUT2D eigenvalue weighted by Gasteiger charge is 2.04. The highest BCUT2D eigenvalue weighted by Crippen LogP contribution is 2.20. The molecule has 2 aromatic rings. The van der Waals surface area contributed by atoms with Gasteiger partial charge in [-0.25, -0.2) is 14.6 Å². The van der Waals surface area contributed by atoms with E-state index in [1.807, 2.05) is 55.5 Å². The van der Waals surface area contributed by atoms with E-state index in [4.69, 9.17) is 30.3 Å². The Hall–Kier alpha value is -3.35. The van der Waals surface area contributed by atoms with Crippen LogP contribution in [-0.4, -0.2) is 35.1 Å². The number of carbonyl (C=O) groups is 2. The number of ether oxygens (including phenoxy) is 1. The summed E-state index contributed by atoms with van der Waals surface area (Å²) in [5.41, 5.74) is 8.89. The zero-order valence-electron chi connectivity index (χ0n) is 13.3. The standard InChI is InChI=1S/C15H16N2O.C2H2O4/c1-11-6-3-4-9-14(11)15(16)17-12-7-5-8-13(10-12)18-2;3-1(4)2(5)6/h3-10H,1-2H3,(H2,16,17);(H,3,4)(H,5,6). The highest BCUT2D eigenvalue weighted by atomic mass is 16.5. The molecule has 7 heteroatoms. The first-order valence-corrected chi connectivity index (χ1v) is 6.85. The Kier molecular flexibility index (Phi) is 6.97. The molecule has 4 N–H and O–H groups in total. The van der Waals surface area contributed by atoms with Gasteiger partial charge in [0.25, 0.3) is 0 Å². The van der Waals surface area contributed by atoms with E-state index in [-0.39, 0.29) is 0 Å². The molecule has 2 aromatic carbocycles. The monoisotopic (exact) mass is 330 g/mol. The zero-order valence-corrected chi connectivity index (χ0v) is 13.3. The number of nitrogens with two attached hydrogens (primary N) is 1. The van der Waals surface area contributed by atoms with Gasteiger partial charge >= 0.3 is 11.9 Å². The second kappa shape index (κ2) is 8.94. The van der Waals surface area contributed by atoms with Crippen molar-refractivity contribution in [2.24, 2.45) is 10.7 Å². The van der Waals surface area contributed by atoms with Crippen molar-refractivity contribution < 1.29 is 24.5 Å². The van der Waals surface area contributed by atoms with E-state index >= 15 is 0 Å². The zero-order chi connectivity index (χ0) is 18.1. The Balaban J connectivity index is 0.000000413. The lowest BCUT2D eigenvalue weighted by atomic mass is 10.1. The van der Waals surface area contributed by atoms with Gasteiger partial charge in [0, 0.05) is 11.6 Å². The van der Waals surface area contributed by atoms with E-state index in [0.717, 1.165) is 22.6 Å². The van der Waals surface area contributed by atoms with Crippen LogP contribution in [-0.2, 0) is 9.59 Å². The summed E-state index contributed by atoms with van der Waals surface area (Å²) in [6.45, 7) is 2.02. The van der Waals surface area contributed by atoms with Crippen molar-refractivity contribution in [3.05, 3.63) is 59.7 Å². The first kappa shape index (κ1) is 18.7. The van der Waals surface area contributed by atoms with Crippen LogP contribution in [0.15, 0.2) is 53.5 Å². The van der Waals surface area contributed by atoms with Gasteiger partial charge in [-0.2, -0.15) is 0 Å². The molecule has 0 amide bonds. The lowest BCUT2D eigenvalue weighted by molar-refractivity contribution is -0.159. The molecule has 0 heterocycles. The number of aliphatic imine (C=N–C) groups is 1. The van der Waals surface area contributed by atoms with Crippen molar-refractivity contribution in [2.75, 3.05) is 7.11 Å². The van der Waals surface area contributed by atoms with Crippen molar-refractivity contribution in [2.45, 2.75) is 6.92 Å². The van der Waals surface area contributed by atoms with E-state index in [2.05, 4.69) is 4.99 Å². The Morgan fingerprint density at radius 1 is 1.04 bits per heavy atom. The van der Waals surface area contributed by atoms with Gasteiger partial charge < -0.3 is 20.7 Å². The van der Waals surface area contributed by atoms with Crippen molar-refractivity contribution in [1.29, 1.82) is 0 Å². The van der Waals surface area contributed by atoms with Gasteiger partial charge in [0.2, 0.25) is 0 Å². The van der Waals surface area contributed by atoms with Gasteiger partial charge in [-0.3, -0.25) is 0 Å². The minimum atomic E-state index is -1.82. The molecule has 2 rings (SSSR count). The predicted molar refractivity (Wildman–Crippen MR) is 89.8 cm³/mol. The number of carboxylic acid groups (broad SMARTS) is 2. The largest absolute Gasteiger partial charge is 0.497 e. The quantitative estimate of drug-likeness (QED) is 0.450. The van der Waals surface area contributed by atoms with Crippen molar-refractivity contribution >= 4 is 23.5 Å². The third kappa shape index (κ3) is 5.80. The fourth-order valence-corrected chi connectivity index (χ4v) is 1.74. The summed E-state index contributed by atoms with van der Waals surface area (Å²) in [7, 11) is 1.63. The molecule has 0 aliphatic heterocycles. The van der Waals surface area contributed by atoms with Gasteiger partial charge in [0.1, 0.15) is 11.6 Å². The summed E-state index contributed by atoms with van der Waals surface area (Å²) in [6, 6.07) is 15.4. The van der Waals surface area contributed by atoms with Crippen LogP contribution in [0, 0.1) is 6.92 Å². The minimum Gasteiger partial charge on any atom is -0.497 e. The number of benzene rings is 2. The molecular weight excluding hydrogens is 312 g/mol. The molecule has 7 nitrogen and oxygen atoms in total. The van der Waals surface area contributed by atoms with Crippen LogP contribution in [0.3, 0.4) is 0 Å². The normalized spacial score (nSPS) is 10.3. The first-order valence-electron chi connectivity index (χ1n) is 6.85. The maximum Gasteiger partial charge on any atom is 0.414 e.